The maximum atomic E-state index is 14.0. The van der Waals surface area contributed by atoms with Gasteiger partial charge < -0.3 is 15.0 Å². The Morgan fingerprint density at radius 3 is 2.27 bits per heavy atom. The van der Waals surface area contributed by atoms with E-state index in [0.717, 1.165) is 43.1 Å². The summed E-state index contributed by atoms with van der Waals surface area (Å²) >= 11 is 6.53. The van der Waals surface area contributed by atoms with Crippen molar-refractivity contribution < 1.29 is 22.7 Å². The Labute approximate surface area is 266 Å². The predicted octanol–water partition coefficient (Wildman–Crippen LogP) is 5.98. The minimum absolute atomic E-state index is 0.0511. The standard InChI is InChI=1S/C34H42ClN3O5S/c1-3-43-30-21-19-29(20-22-30)38(44(2,41)42)23-11-18-33(39)37(25-27-14-7-10-17-31(27)35)32(24-26-12-5-4-6-13-26)34(40)36-28-15-8-9-16-28/h4-7,10,12-14,17,19-22,28,32H,3,8-9,11,15-16,18,23-25H2,1-2H3,(H,36,40)/t32-/m1/s1. The molecule has 0 aromatic heterocycles. The van der Waals surface area contributed by atoms with Gasteiger partial charge in [0, 0.05) is 37.0 Å². The lowest BCUT2D eigenvalue weighted by atomic mass is 10.0. The maximum Gasteiger partial charge on any atom is 0.243 e. The Kier molecular flexibility index (Phi) is 12.1. The molecule has 0 heterocycles. The van der Waals surface area contributed by atoms with Crippen molar-refractivity contribution >= 4 is 39.1 Å². The molecular weight excluding hydrogens is 598 g/mol. The van der Waals surface area contributed by atoms with Crippen molar-refractivity contribution in [3.8, 4) is 5.75 Å². The van der Waals surface area contributed by atoms with E-state index in [0.29, 0.717) is 29.5 Å². The van der Waals surface area contributed by atoms with Crippen LogP contribution in [0.15, 0.2) is 78.9 Å². The monoisotopic (exact) mass is 639 g/mol. The topological polar surface area (TPSA) is 96.0 Å². The molecule has 236 valence electrons. The van der Waals surface area contributed by atoms with Crippen LogP contribution >= 0.6 is 11.6 Å². The van der Waals surface area contributed by atoms with Crippen LogP contribution in [0.3, 0.4) is 0 Å². The number of carbonyl (C=O) groups excluding carboxylic acids is 2. The maximum absolute atomic E-state index is 14.0. The number of benzene rings is 3. The lowest BCUT2D eigenvalue weighted by molar-refractivity contribution is -0.141. The van der Waals surface area contributed by atoms with Gasteiger partial charge >= 0.3 is 0 Å². The second kappa shape index (κ2) is 16.0. The number of nitrogens with one attached hydrogen (secondary N) is 1. The first-order chi connectivity index (χ1) is 21.2. The first-order valence-electron chi connectivity index (χ1n) is 15.2. The molecular formula is C34H42ClN3O5S. The summed E-state index contributed by atoms with van der Waals surface area (Å²) in [5.41, 5.74) is 2.17. The first-order valence-corrected chi connectivity index (χ1v) is 17.5. The average molecular weight is 640 g/mol. The van der Waals surface area contributed by atoms with Crippen molar-refractivity contribution in [3.63, 3.8) is 0 Å². The Morgan fingerprint density at radius 1 is 0.977 bits per heavy atom. The van der Waals surface area contributed by atoms with Crippen LogP contribution in [-0.4, -0.2) is 56.6 Å². The fourth-order valence-electron chi connectivity index (χ4n) is 5.61. The van der Waals surface area contributed by atoms with Crippen LogP contribution in [0.2, 0.25) is 5.02 Å². The van der Waals surface area contributed by atoms with Gasteiger partial charge in [-0.25, -0.2) is 8.42 Å². The zero-order valence-electron chi connectivity index (χ0n) is 25.5. The van der Waals surface area contributed by atoms with Gasteiger partial charge in [-0.05, 0) is 67.6 Å². The van der Waals surface area contributed by atoms with Gasteiger partial charge in [-0.3, -0.25) is 13.9 Å². The Morgan fingerprint density at radius 2 is 1.64 bits per heavy atom. The summed E-state index contributed by atoms with van der Waals surface area (Å²) in [6.45, 7) is 2.65. The van der Waals surface area contributed by atoms with Gasteiger partial charge in [0.15, 0.2) is 0 Å². The molecule has 1 aliphatic carbocycles. The van der Waals surface area contributed by atoms with Gasteiger partial charge in [0.2, 0.25) is 21.8 Å². The van der Waals surface area contributed by atoms with Gasteiger partial charge in [-0.1, -0.05) is 73.0 Å². The summed E-state index contributed by atoms with van der Waals surface area (Å²) in [6, 6.07) is 23.1. The van der Waals surface area contributed by atoms with Crippen LogP contribution < -0.4 is 14.4 Å². The highest BCUT2D eigenvalue weighted by Crippen LogP contribution is 2.25. The Bertz CT molecular complexity index is 1480. The molecule has 0 bridgehead atoms. The molecule has 10 heteroatoms. The zero-order valence-corrected chi connectivity index (χ0v) is 27.0. The number of nitrogens with zero attached hydrogens (tertiary/aromatic N) is 2. The molecule has 1 saturated carbocycles. The van der Waals surface area contributed by atoms with E-state index in [1.54, 1.807) is 35.2 Å². The van der Waals surface area contributed by atoms with E-state index >= 15 is 0 Å². The molecule has 3 aromatic rings. The van der Waals surface area contributed by atoms with E-state index in [1.165, 1.54) is 4.31 Å². The van der Waals surface area contributed by atoms with Crippen LogP contribution in [0.25, 0.3) is 0 Å². The van der Waals surface area contributed by atoms with E-state index < -0.39 is 16.1 Å². The number of rotatable bonds is 15. The number of hydrogen-bond acceptors (Lipinski definition) is 5. The molecule has 2 amide bonds. The lowest BCUT2D eigenvalue weighted by Gasteiger charge is -2.33. The van der Waals surface area contributed by atoms with Crippen molar-refractivity contribution in [2.45, 2.75) is 70.5 Å². The molecule has 1 aliphatic rings. The van der Waals surface area contributed by atoms with Gasteiger partial charge in [0.1, 0.15) is 11.8 Å². The van der Waals surface area contributed by atoms with Crippen molar-refractivity contribution in [2.75, 3.05) is 23.7 Å². The van der Waals surface area contributed by atoms with E-state index in [4.69, 9.17) is 16.3 Å². The number of carbonyl (C=O) groups is 2. The van der Waals surface area contributed by atoms with Crippen LogP contribution in [0.5, 0.6) is 5.75 Å². The Balaban J connectivity index is 1.57. The van der Waals surface area contributed by atoms with Crippen molar-refractivity contribution in [1.82, 2.24) is 10.2 Å². The molecule has 0 spiro atoms. The molecule has 1 N–H and O–H groups in total. The van der Waals surface area contributed by atoms with Crippen LogP contribution in [0.1, 0.15) is 56.6 Å². The summed E-state index contributed by atoms with van der Waals surface area (Å²) in [4.78, 5) is 29.5. The van der Waals surface area contributed by atoms with Gasteiger partial charge in [0.25, 0.3) is 0 Å². The minimum atomic E-state index is -3.61. The number of anilines is 1. The fourth-order valence-corrected chi connectivity index (χ4v) is 6.77. The highest BCUT2D eigenvalue weighted by molar-refractivity contribution is 7.92. The van der Waals surface area contributed by atoms with Crippen molar-refractivity contribution in [2.24, 2.45) is 0 Å². The summed E-state index contributed by atoms with van der Waals surface area (Å²) in [5.74, 6) is 0.219. The predicted molar refractivity (Wildman–Crippen MR) is 175 cm³/mol. The SMILES string of the molecule is CCOc1ccc(N(CCCC(=O)N(Cc2ccccc2Cl)[C@H](Cc2ccccc2)C(=O)NC2CCCC2)S(C)(=O)=O)cc1. The summed E-state index contributed by atoms with van der Waals surface area (Å²) < 4.78 is 32.2. The average Bonchev–Trinajstić information content (AvgIpc) is 3.51. The second-order valence-electron chi connectivity index (χ2n) is 11.2. The summed E-state index contributed by atoms with van der Waals surface area (Å²) in [6.07, 6.45) is 5.80. The Hall–Kier alpha value is -3.56. The number of hydrogen-bond donors (Lipinski definition) is 1. The van der Waals surface area contributed by atoms with Gasteiger partial charge in [-0.2, -0.15) is 0 Å². The van der Waals surface area contributed by atoms with Gasteiger partial charge in [0.05, 0.1) is 18.6 Å². The van der Waals surface area contributed by atoms with E-state index in [2.05, 4.69) is 5.32 Å². The number of amides is 2. The quantitative estimate of drug-likeness (QED) is 0.221. The molecule has 3 aromatic carbocycles. The number of ether oxygens (including phenoxy) is 1. The third kappa shape index (κ3) is 9.47. The van der Waals surface area contributed by atoms with Crippen molar-refractivity contribution in [1.29, 1.82) is 0 Å². The molecule has 0 saturated heterocycles. The third-order valence-electron chi connectivity index (χ3n) is 7.86. The minimum Gasteiger partial charge on any atom is -0.494 e. The van der Waals surface area contributed by atoms with E-state index in [1.807, 2.05) is 55.5 Å². The number of halogens is 1. The van der Waals surface area contributed by atoms with Crippen molar-refractivity contribution in [3.05, 3.63) is 95.0 Å². The second-order valence-corrected chi connectivity index (χ2v) is 13.5. The van der Waals surface area contributed by atoms with Crippen LogP contribution in [0.4, 0.5) is 5.69 Å². The molecule has 0 radical (unpaired) electrons. The van der Waals surface area contributed by atoms with Crippen LogP contribution in [0, 0.1) is 0 Å². The number of sulfonamides is 1. The fraction of sp³-hybridized carbons (Fsp3) is 0.412. The highest BCUT2D eigenvalue weighted by atomic mass is 35.5. The first kappa shape index (κ1) is 33.3. The van der Waals surface area contributed by atoms with E-state index in [-0.39, 0.29) is 43.8 Å². The van der Waals surface area contributed by atoms with Crippen LogP contribution in [-0.2, 0) is 32.6 Å². The molecule has 0 aliphatic heterocycles. The molecule has 8 nitrogen and oxygen atoms in total. The zero-order chi connectivity index (χ0) is 31.5. The molecule has 0 unspecified atom stereocenters. The highest BCUT2D eigenvalue weighted by Gasteiger charge is 2.32. The summed E-state index contributed by atoms with van der Waals surface area (Å²) in [5, 5.41) is 3.71. The largest absolute Gasteiger partial charge is 0.494 e. The molecule has 1 atom stereocenters. The van der Waals surface area contributed by atoms with E-state index in [9.17, 15) is 18.0 Å². The van der Waals surface area contributed by atoms with Gasteiger partial charge in [-0.15, -0.1) is 0 Å². The smallest absolute Gasteiger partial charge is 0.243 e. The molecule has 44 heavy (non-hydrogen) atoms. The summed E-state index contributed by atoms with van der Waals surface area (Å²) in [7, 11) is -3.61. The third-order valence-corrected chi connectivity index (χ3v) is 9.42. The molecule has 1 fully saturated rings. The normalized spacial score (nSPS) is 14.2. The lowest BCUT2D eigenvalue weighted by Crippen LogP contribution is -2.52. The molecule has 4 rings (SSSR count).